The van der Waals surface area contributed by atoms with E-state index in [1.54, 1.807) is 0 Å². The fourth-order valence-electron chi connectivity index (χ4n) is 1.99. The fourth-order valence-corrected chi connectivity index (χ4v) is 2.98. The molecule has 1 heterocycles. The summed E-state index contributed by atoms with van der Waals surface area (Å²) in [5, 5.41) is 3.24. The van der Waals surface area contributed by atoms with Crippen molar-refractivity contribution in [1.29, 1.82) is 0 Å². The zero-order valence-corrected chi connectivity index (χ0v) is 14.9. The second kappa shape index (κ2) is 10.0. The van der Waals surface area contributed by atoms with Crippen LogP contribution in [-0.4, -0.2) is 30.5 Å². The topological polar surface area (TPSA) is 94.3 Å². The molecule has 0 bridgehead atoms. The minimum absolute atomic E-state index is 0. The number of methoxy groups -OCH3 is 1. The zero-order valence-electron chi connectivity index (χ0n) is 13.3. The Bertz CT molecular complexity index is 676. The number of thiazole rings is 1. The van der Waals surface area contributed by atoms with Gasteiger partial charge in [-0.05, 0) is 13.0 Å². The Balaban J connectivity index is 0.00000288. The Hall–Kier alpha value is -1.96. The number of halogens is 1. The van der Waals surface area contributed by atoms with E-state index in [9.17, 15) is 9.59 Å². The fraction of sp³-hybridized carbons (Fsp3) is 0.312. The van der Waals surface area contributed by atoms with E-state index in [0.29, 0.717) is 30.2 Å². The van der Waals surface area contributed by atoms with Gasteiger partial charge in [-0.3, -0.25) is 9.59 Å². The number of esters is 1. The monoisotopic (exact) mass is 369 g/mol. The molecule has 0 atom stereocenters. The molecule has 1 amide bonds. The first kappa shape index (κ1) is 20.1. The maximum atomic E-state index is 11.8. The lowest BCUT2D eigenvalue weighted by molar-refractivity contribution is -0.139. The number of nitrogens with two attached hydrogens (primary N) is 1. The maximum absolute atomic E-state index is 11.8. The lowest BCUT2D eigenvalue weighted by Crippen LogP contribution is -2.13. The molecule has 3 N–H and O–H groups in total. The highest BCUT2D eigenvalue weighted by Crippen LogP contribution is 2.31. The molecule has 2 rings (SSSR count). The molecule has 0 aliphatic rings. The number of nitrogens with zero attached hydrogens (tertiary/aromatic N) is 1. The van der Waals surface area contributed by atoms with Crippen LogP contribution in [0, 0.1) is 0 Å². The van der Waals surface area contributed by atoms with Crippen LogP contribution in [0.25, 0.3) is 11.3 Å². The third-order valence-electron chi connectivity index (χ3n) is 3.13. The Morgan fingerprint density at radius 1 is 1.29 bits per heavy atom. The molecule has 0 spiro atoms. The van der Waals surface area contributed by atoms with Gasteiger partial charge in [0.25, 0.3) is 0 Å². The number of hydrogen-bond acceptors (Lipinski definition) is 6. The van der Waals surface area contributed by atoms with Crippen LogP contribution < -0.4 is 11.1 Å². The van der Waals surface area contributed by atoms with E-state index in [1.165, 1.54) is 18.4 Å². The van der Waals surface area contributed by atoms with E-state index < -0.39 is 0 Å². The Kier molecular flexibility index (Phi) is 8.39. The van der Waals surface area contributed by atoms with Gasteiger partial charge in [0, 0.05) is 16.9 Å². The summed E-state index contributed by atoms with van der Waals surface area (Å²) in [6, 6.07) is 9.53. The van der Waals surface area contributed by atoms with E-state index in [2.05, 4.69) is 10.3 Å². The molecule has 0 saturated carbocycles. The first-order chi connectivity index (χ1) is 11.1. The molecule has 130 valence electrons. The van der Waals surface area contributed by atoms with Crippen molar-refractivity contribution in [3.8, 4) is 11.3 Å². The Morgan fingerprint density at radius 2 is 2.00 bits per heavy atom. The van der Waals surface area contributed by atoms with Crippen molar-refractivity contribution in [3.05, 3.63) is 35.2 Å². The van der Waals surface area contributed by atoms with Crippen molar-refractivity contribution in [2.45, 2.75) is 19.3 Å². The SMILES string of the molecule is COC(=O)Cc1sc(NC(=O)CCCN)nc1-c1ccccc1.Cl. The number of anilines is 1. The number of carbonyl (C=O) groups excluding carboxylic acids is 2. The Labute approximate surface area is 150 Å². The largest absolute Gasteiger partial charge is 0.469 e. The van der Waals surface area contributed by atoms with Gasteiger partial charge in [-0.2, -0.15) is 0 Å². The maximum Gasteiger partial charge on any atom is 0.310 e. The summed E-state index contributed by atoms with van der Waals surface area (Å²) in [4.78, 5) is 28.6. The summed E-state index contributed by atoms with van der Waals surface area (Å²) < 4.78 is 4.73. The molecule has 2 aromatic rings. The molecule has 1 aromatic heterocycles. The van der Waals surface area contributed by atoms with Crippen molar-refractivity contribution in [2.24, 2.45) is 5.73 Å². The predicted octanol–water partition coefficient (Wildman–Crippen LogP) is 2.62. The number of rotatable bonds is 7. The summed E-state index contributed by atoms with van der Waals surface area (Å²) in [5.74, 6) is -0.472. The van der Waals surface area contributed by atoms with Gasteiger partial charge in [0.2, 0.25) is 5.91 Å². The van der Waals surface area contributed by atoms with Crippen molar-refractivity contribution in [2.75, 3.05) is 19.0 Å². The lowest BCUT2D eigenvalue weighted by atomic mass is 10.1. The van der Waals surface area contributed by atoms with Crippen LogP contribution in [-0.2, 0) is 20.7 Å². The van der Waals surface area contributed by atoms with E-state index in [1.807, 2.05) is 30.3 Å². The molecule has 0 unspecified atom stereocenters. The number of hydrogen-bond donors (Lipinski definition) is 2. The van der Waals surface area contributed by atoms with Gasteiger partial charge >= 0.3 is 5.97 Å². The van der Waals surface area contributed by atoms with Gasteiger partial charge in [-0.25, -0.2) is 4.98 Å². The number of carbonyl (C=O) groups is 2. The second-order valence-electron chi connectivity index (χ2n) is 4.85. The average molecular weight is 370 g/mol. The van der Waals surface area contributed by atoms with Gasteiger partial charge in [-0.15, -0.1) is 23.7 Å². The third-order valence-corrected chi connectivity index (χ3v) is 4.10. The van der Waals surface area contributed by atoms with Crippen LogP contribution in [0.4, 0.5) is 5.13 Å². The van der Waals surface area contributed by atoms with Crippen LogP contribution in [0.1, 0.15) is 17.7 Å². The molecule has 0 fully saturated rings. The second-order valence-corrected chi connectivity index (χ2v) is 5.93. The predicted molar refractivity (Wildman–Crippen MR) is 97.4 cm³/mol. The molecular formula is C16H20ClN3O3S. The molecule has 8 heteroatoms. The van der Waals surface area contributed by atoms with Crippen molar-refractivity contribution < 1.29 is 14.3 Å². The summed E-state index contributed by atoms with van der Waals surface area (Å²) in [5.41, 5.74) is 6.98. The summed E-state index contributed by atoms with van der Waals surface area (Å²) in [7, 11) is 1.35. The first-order valence-corrected chi connectivity index (χ1v) is 8.07. The van der Waals surface area contributed by atoms with Crippen LogP contribution in [0.15, 0.2) is 30.3 Å². The van der Waals surface area contributed by atoms with E-state index in [0.717, 1.165) is 10.4 Å². The van der Waals surface area contributed by atoms with Crippen LogP contribution in [0.2, 0.25) is 0 Å². The lowest BCUT2D eigenvalue weighted by Gasteiger charge is -2.01. The van der Waals surface area contributed by atoms with Gasteiger partial charge in [0.05, 0.1) is 19.2 Å². The normalized spacial score (nSPS) is 9.92. The van der Waals surface area contributed by atoms with E-state index >= 15 is 0 Å². The highest BCUT2D eigenvalue weighted by Gasteiger charge is 2.17. The molecule has 0 aliphatic heterocycles. The van der Waals surface area contributed by atoms with Crippen LogP contribution >= 0.6 is 23.7 Å². The number of aromatic nitrogens is 1. The van der Waals surface area contributed by atoms with Gasteiger partial charge in [0.15, 0.2) is 5.13 Å². The number of amides is 1. The molecule has 24 heavy (non-hydrogen) atoms. The van der Waals surface area contributed by atoms with E-state index in [4.69, 9.17) is 10.5 Å². The molecule has 0 saturated heterocycles. The average Bonchev–Trinajstić information content (AvgIpc) is 2.95. The molecule has 0 aliphatic carbocycles. The van der Waals surface area contributed by atoms with Gasteiger partial charge in [-0.1, -0.05) is 30.3 Å². The minimum atomic E-state index is -0.341. The zero-order chi connectivity index (χ0) is 16.7. The number of ether oxygens (including phenoxy) is 1. The molecule has 1 aromatic carbocycles. The first-order valence-electron chi connectivity index (χ1n) is 7.26. The quantitative estimate of drug-likeness (QED) is 0.731. The minimum Gasteiger partial charge on any atom is -0.469 e. The Morgan fingerprint density at radius 3 is 2.62 bits per heavy atom. The van der Waals surface area contributed by atoms with Crippen LogP contribution in [0.3, 0.4) is 0 Å². The molecule has 0 radical (unpaired) electrons. The third kappa shape index (κ3) is 5.59. The highest BCUT2D eigenvalue weighted by molar-refractivity contribution is 7.16. The number of nitrogens with one attached hydrogen (secondary N) is 1. The van der Waals surface area contributed by atoms with Crippen molar-refractivity contribution in [3.63, 3.8) is 0 Å². The van der Waals surface area contributed by atoms with Gasteiger partial charge in [0.1, 0.15) is 0 Å². The summed E-state index contributed by atoms with van der Waals surface area (Å²) >= 11 is 1.28. The highest BCUT2D eigenvalue weighted by atomic mass is 35.5. The van der Waals surface area contributed by atoms with Crippen LogP contribution in [0.5, 0.6) is 0 Å². The smallest absolute Gasteiger partial charge is 0.310 e. The summed E-state index contributed by atoms with van der Waals surface area (Å²) in [6.07, 6.45) is 1.10. The molecular weight excluding hydrogens is 350 g/mol. The van der Waals surface area contributed by atoms with Crippen molar-refractivity contribution in [1.82, 2.24) is 4.98 Å². The van der Waals surface area contributed by atoms with Gasteiger partial charge < -0.3 is 15.8 Å². The number of benzene rings is 1. The standard InChI is InChI=1S/C16H19N3O3S.ClH/c1-22-14(21)10-12-15(11-6-3-2-4-7-11)19-16(23-12)18-13(20)8-5-9-17;/h2-4,6-7H,5,8-10,17H2,1H3,(H,18,19,20);1H. The van der Waals surface area contributed by atoms with Crippen molar-refractivity contribution >= 4 is 40.8 Å². The summed E-state index contributed by atoms with van der Waals surface area (Å²) in [6.45, 7) is 0.466. The molecule has 6 nitrogen and oxygen atoms in total. The van der Waals surface area contributed by atoms with E-state index in [-0.39, 0.29) is 30.7 Å².